The van der Waals surface area contributed by atoms with Crippen LogP contribution in [-0.4, -0.2) is 64.7 Å². The molecule has 1 saturated carbocycles. The monoisotopic (exact) mass is 680 g/mol. The molecule has 1 fully saturated rings. The first-order valence-electron chi connectivity index (χ1n) is 13.9. The molecule has 0 bridgehead atoms. The minimum absolute atomic E-state index is 0.00135. The lowest BCUT2D eigenvalue weighted by molar-refractivity contribution is -0.182. The number of nitrogens with zero attached hydrogens (tertiary/aromatic N) is 2. The number of alkyl halides is 5. The molecule has 0 radical (unpaired) electrons. The van der Waals surface area contributed by atoms with Crippen LogP contribution in [0, 0.1) is 5.92 Å². The molecular formula is C28H31Cl2F5N6O4. The van der Waals surface area contributed by atoms with Crippen LogP contribution in [0.25, 0.3) is 11.2 Å². The van der Waals surface area contributed by atoms with Gasteiger partial charge in [-0.05, 0) is 57.2 Å². The van der Waals surface area contributed by atoms with Crippen molar-refractivity contribution in [2.24, 2.45) is 5.92 Å². The van der Waals surface area contributed by atoms with Crippen molar-refractivity contribution in [2.45, 2.75) is 70.3 Å². The molecule has 0 unspecified atom stereocenters. The highest BCUT2D eigenvalue weighted by Gasteiger charge is 2.41. The van der Waals surface area contributed by atoms with E-state index in [1.54, 1.807) is 26.0 Å². The molecule has 4 rings (SSSR count). The highest BCUT2D eigenvalue weighted by molar-refractivity contribution is 6.39. The fourth-order valence-electron chi connectivity index (χ4n) is 4.67. The van der Waals surface area contributed by atoms with Crippen molar-refractivity contribution in [1.29, 1.82) is 0 Å². The molecule has 17 heteroatoms. The fourth-order valence-corrected chi connectivity index (χ4v) is 5.21. The summed E-state index contributed by atoms with van der Waals surface area (Å²) in [6, 6.07) is 3.93. The molecule has 0 spiro atoms. The number of carbonyl (C=O) groups excluding carboxylic acids is 2. The number of nitrogens with one attached hydrogen (secondary N) is 4. The maximum absolute atomic E-state index is 13.2. The zero-order chi connectivity index (χ0) is 33.1. The van der Waals surface area contributed by atoms with E-state index in [4.69, 9.17) is 32.7 Å². The van der Waals surface area contributed by atoms with Crippen LogP contribution < -0.4 is 20.7 Å². The standard InChI is InChI=1S/C28H31Cl2F5N6O4/c1-27(2,44-3)25(43)36-11-13-4-9-17(29)21(20(13)30)39-26-38-18-10-16(24(40-22(18)41-26)45-12-19(31)32)23(42)37-15-7-5-14(6-8-15)28(33,34)35/h4,9-10,14-15,19H,5-8,11-12H2,1-3H3,(H,36,43)(H,37,42)(H2,38,39,40,41). The second kappa shape index (κ2) is 13.9. The summed E-state index contributed by atoms with van der Waals surface area (Å²) in [5.74, 6) is -2.90. The van der Waals surface area contributed by atoms with Gasteiger partial charge in [-0.25, -0.2) is 8.78 Å². The third kappa shape index (κ3) is 8.44. The second-order valence-corrected chi connectivity index (χ2v) is 11.8. The first kappa shape index (κ1) is 34.4. The normalized spacial score (nSPS) is 17.4. The average Bonchev–Trinajstić information content (AvgIpc) is 3.38. The number of anilines is 2. The van der Waals surface area contributed by atoms with E-state index in [-0.39, 0.29) is 76.5 Å². The molecule has 10 nitrogen and oxygen atoms in total. The Morgan fingerprint density at radius 2 is 1.80 bits per heavy atom. The number of rotatable bonds is 11. The summed E-state index contributed by atoms with van der Waals surface area (Å²) in [6.45, 7) is 2.21. The Labute approximate surface area is 264 Å². The number of benzene rings is 1. The average molecular weight is 681 g/mol. The number of aromatic nitrogens is 3. The van der Waals surface area contributed by atoms with Crippen molar-refractivity contribution in [2.75, 3.05) is 19.0 Å². The summed E-state index contributed by atoms with van der Waals surface area (Å²) < 4.78 is 75.4. The number of fused-ring (bicyclic) bond motifs is 1. The van der Waals surface area contributed by atoms with Crippen molar-refractivity contribution >= 4 is 57.8 Å². The zero-order valence-corrected chi connectivity index (χ0v) is 25.9. The Morgan fingerprint density at radius 1 is 1.11 bits per heavy atom. The fraction of sp³-hybridized carbons (Fsp3) is 0.500. The molecule has 2 aromatic heterocycles. The maximum Gasteiger partial charge on any atom is 0.391 e. The number of H-pyrrole nitrogens is 1. The van der Waals surface area contributed by atoms with Crippen molar-refractivity contribution in [3.8, 4) is 5.88 Å². The first-order valence-corrected chi connectivity index (χ1v) is 14.6. The van der Waals surface area contributed by atoms with Gasteiger partial charge in [0, 0.05) is 19.7 Å². The summed E-state index contributed by atoms with van der Waals surface area (Å²) in [4.78, 5) is 36.9. The number of pyridine rings is 1. The van der Waals surface area contributed by atoms with Crippen LogP contribution in [0.2, 0.25) is 10.0 Å². The van der Waals surface area contributed by atoms with Gasteiger partial charge >= 0.3 is 6.18 Å². The van der Waals surface area contributed by atoms with E-state index >= 15 is 0 Å². The van der Waals surface area contributed by atoms with Crippen LogP contribution in [0.5, 0.6) is 5.88 Å². The number of amides is 2. The largest absolute Gasteiger partial charge is 0.471 e. The molecule has 2 heterocycles. The van der Waals surface area contributed by atoms with Crippen molar-refractivity contribution in [3.05, 3.63) is 39.4 Å². The number of hydrogen-bond donors (Lipinski definition) is 4. The molecule has 2 amide bonds. The molecule has 246 valence electrons. The second-order valence-electron chi connectivity index (χ2n) is 11.0. The molecule has 1 aliphatic rings. The van der Waals surface area contributed by atoms with Crippen molar-refractivity contribution in [1.82, 2.24) is 25.6 Å². The molecule has 3 aromatic rings. The lowest BCUT2D eigenvalue weighted by Crippen LogP contribution is -2.43. The van der Waals surface area contributed by atoms with E-state index in [1.165, 1.54) is 13.2 Å². The highest BCUT2D eigenvalue weighted by Crippen LogP contribution is 2.38. The summed E-state index contributed by atoms with van der Waals surface area (Å²) >= 11 is 13.0. The Morgan fingerprint density at radius 3 is 2.42 bits per heavy atom. The molecular weight excluding hydrogens is 650 g/mol. The predicted molar refractivity (Wildman–Crippen MR) is 157 cm³/mol. The van der Waals surface area contributed by atoms with Gasteiger partial charge in [0.15, 0.2) is 12.3 Å². The van der Waals surface area contributed by atoms with Crippen LogP contribution >= 0.6 is 23.2 Å². The van der Waals surface area contributed by atoms with Crippen LogP contribution in [0.3, 0.4) is 0 Å². The predicted octanol–water partition coefficient (Wildman–Crippen LogP) is 6.54. The number of ether oxygens (including phenoxy) is 2. The number of halogens is 7. The SMILES string of the molecule is COC(C)(C)C(=O)NCc1ccc(Cl)c(Nc2nc3nc(OCC(F)F)c(C(=O)NC4CCC(C(F)(F)F)CC4)cc3[nH]2)c1Cl. The van der Waals surface area contributed by atoms with Crippen molar-refractivity contribution < 1.29 is 41.0 Å². The zero-order valence-electron chi connectivity index (χ0n) is 24.4. The van der Waals surface area contributed by atoms with Gasteiger partial charge < -0.3 is 30.4 Å². The third-order valence-corrected chi connectivity index (χ3v) is 8.21. The summed E-state index contributed by atoms with van der Waals surface area (Å²) in [7, 11) is 1.41. The van der Waals surface area contributed by atoms with Gasteiger partial charge in [-0.1, -0.05) is 29.3 Å². The molecule has 1 aliphatic carbocycles. The van der Waals surface area contributed by atoms with Gasteiger partial charge in [0.05, 0.1) is 27.2 Å². The van der Waals surface area contributed by atoms with Crippen molar-refractivity contribution in [3.63, 3.8) is 0 Å². The Kier molecular flexibility index (Phi) is 10.6. The molecule has 4 N–H and O–H groups in total. The Hall–Kier alpha value is -3.43. The highest BCUT2D eigenvalue weighted by atomic mass is 35.5. The van der Waals surface area contributed by atoms with Gasteiger partial charge in [0.2, 0.25) is 11.8 Å². The smallest absolute Gasteiger partial charge is 0.391 e. The lowest BCUT2D eigenvalue weighted by atomic mass is 9.85. The Bertz CT molecular complexity index is 1540. The number of aromatic amines is 1. The third-order valence-electron chi connectivity index (χ3n) is 7.47. The molecule has 0 atom stereocenters. The van der Waals surface area contributed by atoms with Gasteiger partial charge in [0.1, 0.15) is 11.2 Å². The minimum atomic E-state index is -4.31. The van der Waals surface area contributed by atoms with Gasteiger partial charge in [0.25, 0.3) is 18.2 Å². The molecule has 45 heavy (non-hydrogen) atoms. The summed E-state index contributed by atoms with van der Waals surface area (Å²) in [6.07, 6.45) is -7.25. The van der Waals surface area contributed by atoms with E-state index in [1.807, 2.05) is 0 Å². The van der Waals surface area contributed by atoms with Gasteiger partial charge in [-0.2, -0.15) is 23.1 Å². The number of methoxy groups -OCH3 is 1. The number of hydrogen-bond acceptors (Lipinski definition) is 7. The topological polar surface area (TPSA) is 130 Å². The first-order chi connectivity index (χ1) is 21.1. The van der Waals surface area contributed by atoms with Gasteiger partial charge in [-0.3, -0.25) is 9.59 Å². The van der Waals surface area contributed by atoms with E-state index in [0.717, 1.165) is 0 Å². The Balaban J connectivity index is 1.56. The van der Waals surface area contributed by atoms with Gasteiger partial charge in [-0.15, -0.1) is 0 Å². The quantitative estimate of drug-likeness (QED) is 0.169. The van der Waals surface area contributed by atoms with Crippen LogP contribution in [-0.2, 0) is 16.1 Å². The summed E-state index contributed by atoms with van der Waals surface area (Å²) in [5.41, 5.74) is -0.307. The van der Waals surface area contributed by atoms with E-state index < -0.39 is 48.6 Å². The summed E-state index contributed by atoms with van der Waals surface area (Å²) in [5, 5.41) is 8.72. The maximum atomic E-state index is 13.2. The molecule has 0 saturated heterocycles. The van der Waals surface area contributed by atoms with E-state index in [9.17, 15) is 31.5 Å². The lowest BCUT2D eigenvalue weighted by Gasteiger charge is -2.30. The van der Waals surface area contributed by atoms with E-state index in [2.05, 4.69) is 30.9 Å². The molecule has 1 aromatic carbocycles. The minimum Gasteiger partial charge on any atom is -0.471 e. The van der Waals surface area contributed by atoms with Crippen LogP contribution in [0.1, 0.15) is 55.5 Å². The van der Waals surface area contributed by atoms with Crippen LogP contribution in [0.4, 0.5) is 33.6 Å². The van der Waals surface area contributed by atoms with E-state index in [0.29, 0.717) is 5.56 Å². The van der Waals surface area contributed by atoms with Crippen LogP contribution in [0.15, 0.2) is 18.2 Å². The number of carbonyl (C=O) groups is 2. The molecule has 0 aliphatic heterocycles. The number of imidazole rings is 1.